The van der Waals surface area contributed by atoms with Crippen LogP contribution in [-0.2, 0) is 5.41 Å². The van der Waals surface area contributed by atoms with Crippen molar-refractivity contribution in [1.82, 2.24) is 9.97 Å². The molecule has 0 fully saturated rings. The van der Waals surface area contributed by atoms with Crippen molar-refractivity contribution in [3.63, 3.8) is 0 Å². The fraction of sp³-hybridized carbons (Fsp3) is 0.400. The Morgan fingerprint density at radius 2 is 2.07 bits per heavy atom. The molecule has 0 aliphatic heterocycles. The highest BCUT2D eigenvalue weighted by Gasteiger charge is 2.19. The van der Waals surface area contributed by atoms with E-state index in [4.69, 9.17) is 5.84 Å². The van der Waals surface area contributed by atoms with E-state index < -0.39 is 0 Å². The Hall–Kier alpha value is -1.20. The van der Waals surface area contributed by atoms with E-state index in [0.29, 0.717) is 5.82 Å². The summed E-state index contributed by atoms with van der Waals surface area (Å²) in [5.74, 6) is 6.96. The molecule has 15 heavy (non-hydrogen) atoms. The van der Waals surface area contributed by atoms with Gasteiger partial charge in [-0.3, -0.25) is 0 Å². The van der Waals surface area contributed by atoms with Crippen LogP contribution in [0.15, 0.2) is 11.4 Å². The van der Waals surface area contributed by atoms with Crippen LogP contribution in [0.25, 0.3) is 10.2 Å². The van der Waals surface area contributed by atoms with Gasteiger partial charge in [-0.2, -0.15) is 0 Å². The van der Waals surface area contributed by atoms with E-state index in [2.05, 4.69) is 36.2 Å². The van der Waals surface area contributed by atoms with Gasteiger partial charge in [-0.15, -0.1) is 11.3 Å². The smallest absolute Gasteiger partial charge is 0.152 e. The molecule has 2 rings (SSSR count). The van der Waals surface area contributed by atoms with Gasteiger partial charge in [0.2, 0.25) is 0 Å². The third-order valence-electron chi connectivity index (χ3n) is 2.13. The fourth-order valence-corrected chi connectivity index (χ4v) is 2.06. The zero-order valence-corrected chi connectivity index (χ0v) is 9.85. The molecule has 0 radical (unpaired) electrons. The molecule has 5 heteroatoms. The lowest BCUT2D eigenvalue weighted by Gasteiger charge is -2.17. The normalized spacial score (nSPS) is 12.0. The predicted molar refractivity (Wildman–Crippen MR) is 63.9 cm³/mol. The second kappa shape index (κ2) is 3.43. The first kappa shape index (κ1) is 10.3. The third kappa shape index (κ3) is 1.80. The summed E-state index contributed by atoms with van der Waals surface area (Å²) in [7, 11) is 0. The van der Waals surface area contributed by atoms with Crippen LogP contribution in [-0.4, -0.2) is 9.97 Å². The number of nitrogens with one attached hydrogen (secondary N) is 1. The van der Waals surface area contributed by atoms with Gasteiger partial charge < -0.3 is 5.43 Å². The minimum Gasteiger partial charge on any atom is -0.308 e. The SMILES string of the molecule is CC(C)(C)c1nc(NN)c2ccsc2n1. The van der Waals surface area contributed by atoms with Crippen LogP contribution in [0.2, 0.25) is 0 Å². The molecule has 2 aromatic rings. The summed E-state index contributed by atoms with van der Waals surface area (Å²) in [6, 6.07) is 1.97. The molecule has 3 N–H and O–H groups in total. The predicted octanol–water partition coefficient (Wildman–Crippen LogP) is 2.27. The Labute approximate surface area is 92.5 Å². The minimum atomic E-state index is -0.0657. The van der Waals surface area contributed by atoms with E-state index in [1.165, 1.54) is 0 Å². The topological polar surface area (TPSA) is 63.8 Å². The molecule has 0 atom stereocenters. The zero-order valence-electron chi connectivity index (χ0n) is 9.03. The van der Waals surface area contributed by atoms with Gasteiger partial charge in [0.25, 0.3) is 0 Å². The average molecular weight is 222 g/mol. The lowest BCUT2D eigenvalue weighted by molar-refractivity contribution is 0.549. The van der Waals surface area contributed by atoms with E-state index in [9.17, 15) is 0 Å². The van der Waals surface area contributed by atoms with Crippen LogP contribution in [0.4, 0.5) is 5.82 Å². The molecule has 80 valence electrons. The first-order valence-corrected chi connectivity index (χ1v) is 5.62. The Bertz CT molecular complexity index is 484. The molecule has 2 aromatic heterocycles. The van der Waals surface area contributed by atoms with Crippen molar-refractivity contribution < 1.29 is 0 Å². The quantitative estimate of drug-likeness (QED) is 0.574. The van der Waals surface area contributed by atoms with Crippen molar-refractivity contribution >= 4 is 27.4 Å². The van der Waals surface area contributed by atoms with E-state index in [0.717, 1.165) is 16.0 Å². The van der Waals surface area contributed by atoms with Crippen LogP contribution >= 0.6 is 11.3 Å². The van der Waals surface area contributed by atoms with Crippen molar-refractivity contribution in [1.29, 1.82) is 0 Å². The van der Waals surface area contributed by atoms with Gasteiger partial charge in [-0.1, -0.05) is 20.8 Å². The molecule has 0 spiro atoms. The van der Waals surface area contributed by atoms with Crippen LogP contribution in [0.5, 0.6) is 0 Å². The first-order valence-electron chi connectivity index (χ1n) is 4.74. The summed E-state index contributed by atoms with van der Waals surface area (Å²) in [5, 5.41) is 2.97. The summed E-state index contributed by atoms with van der Waals surface area (Å²) in [5.41, 5.74) is 2.56. The van der Waals surface area contributed by atoms with E-state index in [-0.39, 0.29) is 5.41 Å². The first-order chi connectivity index (χ1) is 7.02. The van der Waals surface area contributed by atoms with Crippen LogP contribution in [0.3, 0.4) is 0 Å². The van der Waals surface area contributed by atoms with Gasteiger partial charge in [0.15, 0.2) is 5.82 Å². The van der Waals surface area contributed by atoms with Crippen molar-refractivity contribution in [3.8, 4) is 0 Å². The zero-order chi connectivity index (χ0) is 11.1. The summed E-state index contributed by atoms with van der Waals surface area (Å²) < 4.78 is 0. The highest BCUT2D eigenvalue weighted by Crippen LogP contribution is 2.28. The molecular weight excluding hydrogens is 208 g/mol. The van der Waals surface area contributed by atoms with E-state index in [1.807, 2.05) is 11.4 Å². The van der Waals surface area contributed by atoms with Crippen molar-refractivity contribution in [3.05, 3.63) is 17.3 Å². The Morgan fingerprint density at radius 3 is 2.67 bits per heavy atom. The number of hydrogen-bond donors (Lipinski definition) is 2. The molecule has 0 amide bonds. The lowest BCUT2D eigenvalue weighted by atomic mass is 9.96. The Balaban J connectivity index is 2.69. The second-order valence-electron chi connectivity index (χ2n) is 4.43. The summed E-state index contributed by atoms with van der Waals surface area (Å²) in [6.07, 6.45) is 0. The Morgan fingerprint density at radius 1 is 1.33 bits per heavy atom. The minimum absolute atomic E-state index is 0.0657. The van der Waals surface area contributed by atoms with E-state index in [1.54, 1.807) is 11.3 Å². The number of nitrogens with zero attached hydrogens (tertiary/aromatic N) is 2. The molecular formula is C10H14N4S. The molecule has 2 heterocycles. The molecule has 0 saturated heterocycles. The number of aromatic nitrogens is 2. The van der Waals surface area contributed by atoms with Crippen molar-refractivity contribution in [2.24, 2.45) is 5.84 Å². The lowest BCUT2D eigenvalue weighted by Crippen LogP contribution is -2.18. The maximum atomic E-state index is 5.45. The van der Waals surface area contributed by atoms with Crippen molar-refractivity contribution in [2.75, 3.05) is 5.43 Å². The molecule has 0 saturated carbocycles. The number of hydrazine groups is 1. The van der Waals surface area contributed by atoms with Crippen LogP contribution in [0, 0.1) is 0 Å². The largest absolute Gasteiger partial charge is 0.308 e. The third-order valence-corrected chi connectivity index (χ3v) is 2.94. The summed E-state index contributed by atoms with van der Waals surface area (Å²) in [4.78, 5) is 9.92. The maximum absolute atomic E-state index is 5.45. The van der Waals surface area contributed by atoms with Gasteiger partial charge in [0, 0.05) is 5.41 Å². The van der Waals surface area contributed by atoms with Crippen molar-refractivity contribution in [2.45, 2.75) is 26.2 Å². The number of thiophene rings is 1. The molecule has 0 bridgehead atoms. The Kier molecular flexibility index (Phi) is 2.36. The standard InChI is InChI=1S/C10H14N4S/c1-10(2,3)9-12-7(14-11)6-4-5-15-8(6)13-9/h4-5H,11H2,1-3H3,(H,12,13,14). The van der Waals surface area contributed by atoms with Gasteiger partial charge in [-0.25, -0.2) is 15.8 Å². The molecule has 0 unspecified atom stereocenters. The van der Waals surface area contributed by atoms with E-state index >= 15 is 0 Å². The van der Waals surface area contributed by atoms with Gasteiger partial charge in [0.05, 0.1) is 5.39 Å². The molecule has 0 aromatic carbocycles. The number of hydrogen-bond acceptors (Lipinski definition) is 5. The second-order valence-corrected chi connectivity index (χ2v) is 5.32. The maximum Gasteiger partial charge on any atom is 0.152 e. The number of anilines is 1. The summed E-state index contributed by atoms with van der Waals surface area (Å²) >= 11 is 1.60. The fourth-order valence-electron chi connectivity index (χ4n) is 1.30. The van der Waals surface area contributed by atoms with Crippen LogP contribution in [0.1, 0.15) is 26.6 Å². The van der Waals surface area contributed by atoms with Gasteiger partial charge in [-0.05, 0) is 11.4 Å². The van der Waals surface area contributed by atoms with Gasteiger partial charge >= 0.3 is 0 Å². The van der Waals surface area contributed by atoms with Gasteiger partial charge in [0.1, 0.15) is 10.7 Å². The highest BCUT2D eigenvalue weighted by molar-refractivity contribution is 7.16. The summed E-state index contributed by atoms with van der Waals surface area (Å²) in [6.45, 7) is 6.26. The molecule has 4 nitrogen and oxygen atoms in total. The molecule has 0 aliphatic rings. The van der Waals surface area contributed by atoms with Crippen LogP contribution < -0.4 is 11.3 Å². The molecule has 0 aliphatic carbocycles. The number of fused-ring (bicyclic) bond motifs is 1. The monoisotopic (exact) mass is 222 g/mol. The highest BCUT2D eigenvalue weighted by atomic mass is 32.1. The number of rotatable bonds is 1. The number of nitrogens with two attached hydrogens (primary N) is 1. The average Bonchev–Trinajstić information content (AvgIpc) is 2.62. The number of nitrogen functional groups attached to an aromatic ring is 1.